The van der Waals surface area contributed by atoms with Gasteiger partial charge in [-0.1, -0.05) is 12.1 Å². The summed E-state index contributed by atoms with van der Waals surface area (Å²) in [5, 5.41) is 9.10. The van der Waals surface area contributed by atoms with E-state index in [9.17, 15) is 9.18 Å². The fraction of sp³-hybridized carbons (Fsp3) is 0. The molecule has 0 fully saturated rings. The van der Waals surface area contributed by atoms with Gasteiger partial charge in [0.15, 0.2) is 12.1 Å². The fourth-order valence-electron chi connectivity index (χ4n) is 1.27. The molecule has 0 radical (unpaired) electrons. The zero-order valence-electron chi connectivity index (χ0n) is 6.95. The molecule has 68 valence electrons. The summed E-state index contributed by atoms with van der Waals surface area (Å²) < 4.78 is 14.0. The third-order valence-electron chi connectivity index (χ3n) is 1.91. The second kappa shape index (κ2) is 3.20. The van der Waals surface area contributed by atoms with E-state index in [0.29, 0.717) is 21.9 Å². The fourth-order valence-corrected chi connectivity index (χ4v) is 2.23. The van der Waals surface area contributed by atoms with E-state index < -0.39 is 5.82 Å². The van der Waals surface area contributed by atoms with Gasteiger partial charge in [0.05, 0.1) is 10.3 Å². The molecule has 2 aromatic rings. The Labute approximate surface area is 83.2 Å². The number of hydrogen-bond acceptors (Lipinski definition) is 3. The molecule has 0 amide bonds. The van der Waals surface area contributed by atoms with Gasteiger partial charge < -0.3 is 0 Å². The zero-order chi connectivity index (χ0) is 10.1. The first kappa shape index (κ1) is 8.85. The Balaban J connectivity index is 2.92. The number of halogens is 1. The lowest BCUT2D eigenvalue weighted by Crippen LogP contribution is -1.77. The van der Waals surface area contributed by atoms with E-state index in [-0.39, 0.29) is 4.88 Å². The molecule has 0 N–H and O–H groups in total. The molecular weight excluding hydrogens is 201 g/mol. The van der Waals surface area contributed by atoms with Crippen molar-refractivity contribution in [3.05, 3.63) is 34.5 Å². The number of rotatable bonds is 1. The molecule has 0 spiro atoms. The number of carbonyl (C=O) groups is 1. The number of aldehydes is 1. The molecule has 1 heterocycles. The monoisotopic (exact) mass is 205 g/mol. The van der Waals surface area contributed by atoms with Crippen LogP contribution in [0.4, 0.5) is 4.39 Å². The third-order valence-corrected chi connectivity index (χ3v) is 3.05. The van der Waals surface area contributed by atoms with Crippen LogP contribution in [0.5, 0.6) is 0 Å². The van der Waals surface area contributed by atoms with Crippen LogP contribution in [0.1, 0.15) is 15.2 Å². The highest BCUT2D eigenvalue weighted by Gasteiger charge is 2.13. The van der Waals surface area contributed by atoms with Gasteiger partial charge in [-0.15, -0.1) is 11.3 Å². The van der Waals surface area contributed by atoms with Crippen molar-refractivity contribution >= 4 is 27.7 Å². The van der Waals surface area contributed by atoms with E-state index in [0.717, 1.165) is 11.3 Å². The lowest BCUT2D eigenvalue weighted by atomic mass is 10.2. The molecule has 2 rings (SSSR count). The molecule has 0 saturated heterocycles. The van der Waals surface area contributed by atoms with Gasteiger partial charge in [0, 0.05) is 5.39 Å². The van der Waals surface area contributed by atoms with Crippen LogP contribution in [-0.2, 0) is 0 Å². The molecule has 0 unspecified atom stereocenters. The van der Waals surface area contributed by atoms with Gasteiger partial charge >= 0.3 is 0 Å². The van der Waals surface area contributed by atoms with Gasteiger partial charge in [-0.2, -0.15) is 5.26 Å². The summed E-state index contributed by atoms with van der Waals surface area (Å²) in [4.78, 5) is 10.5. The van der Waals surface area contributed by atoms with E-state index in [1.54, 1.807) is 18.2 Å². The second-order valence-corrected chi connectivity index (χ2v) is 3.74. The SMILES string of the molecule is N#Cc1cccc2c(F)c(C=O)sc12. The van der Waals surface area contributed by atoms with Crippen molar-refractivity contribution in [2.75, 3.05) is 0 Å². The van der Waals surface area contributed by atoms with Crippen LogP contribution in [0.2, 0.25) is 0 Å². The van der Waals surface area contributed by atoms with Crippen LogP contribution >= 0.6 is 11.3 Å². The summed E-state index contributed by atoms with van der Waals surface area (Å²) in [6.07, 6.45) is 0.473. The maximum absolute atomic E-state index is 13.4. The van der Waals surface area contributed by atoms with Crippen molar-refractivity contribution in [3.8, 4) is 6.07 Å². The number of thiophene rings is 1. The predicted molar refractivity (Wildman–Crippen MR) is 51.9 cm³/mol. The highest BCUT2D eigenvalue weighted by Crippen LogP contribution is 2.31. The first-order valence-electron chi connectivity index (χ1n) is 3.84. The Bertz CT molecular complexity index is 553. The van der Waals surface area contributed by atoms with Gasteiger partial charge in [0.2, 0.25) is 0 Å². The smallest absolute Gasteiger partial charge is 0.163 e. The Morgan fingerprint density at radius 2 is 2.29 bits per heavy atom. The molecule has 0 saturated carbocycles. The van der Waals surface area contributed by atoms with Gasteiger partial charge in [0.1, 0.15) is 10.9 Å². The molecule has 1 aromatic carbocycles. The van der Waals surface area contributed by atoms with Crippen molar-refractivity contribution in [3.63, 3.8) is 0 Å². The van der Waals surface area contributed by atoms with E-state index in [1.807, 2.05) is 6.07 Å². The zero-order valence-corrected chi connectivity index (χ0v) is 7.77. The summed E-state index contributed by atoms with van der Waals surface area (Å²) >= 11 is 1.01. The van der Waals surface area contributed by atoms with E-state index in [2.05, 4.69) is 0 Å². The van der Waals surface area contributed by atoms with Crippen molar-refractivity contribution in [1.29, 1.82) is 5.26 Å². The summed E-state index contributed by atoms with van der Waals surface area (Å²) in [6, 6.07) is 6.73. The van der Waals surface area contributed by atoms with E-state index in [4.69, 9.17) is 5.26 Å². The van der Waals surface area contributed by atoms with Crippen LogP contribution in [0.15, 0.2) is 18.2 Å². The second-order valence-electron chi connectivity index (χ2n) is 2.69. The number of nitrogens with zero attached hydrogens (tertiary/aromatic N) is 1. The summed E-state index contributed by atoms with van der Waals surface area (Å²) in [5.41, 5.74) is 0.402. The van der Waals surface area contributed by atoms with Gasteiger partial charge in [-0.25, -0.2) is 4.39 Å². The number of carbonyl (C=O) groups excluding carboxylic acids is 1. The Morgan fingerprint density at radius 3 is 2.93 bits per heavy atom. The average molecular weight is 205 g/mol. The van der Waals surface area contributed by atoms with Crippen molar-refractivity contribution in [1.82, 2.24) is 0 Å². The quantitative estimate of drug-likeness (QED) is 0.671. The molecule has 0 aliphatic rings. The van der Waals surface area contributed by atoms with Crippen molar-refractivity contribution in [2.24, 2.45) is 0 Å². The van der Waals surface area contributed by atoms with E-state index >= 15 is 0 Å². The van der Waals surface area contributed by atoms with Crippen LogP contribution in [0.3, 0.4) is 0 Å². The number of fused-ring (bicyclic) bond motifs is 1. The third kappa shape index (κ3) is 1.10. The highest BCUT2D eigenvalue weighted by atomic mass is 32.1. The standard InChI is InChI=1S/C10H4FNOS/c11-9-7-3-1-2-6(4-12)10(7)14-8(9)5-13/h1-3,5H. The molecule has 4 heteroatoms. The molecular formula is C10H4FNOS. The van der Waals surface area contributed by atoms with Crippen LogP contribution in [0, 0.1) is 17.1 Å². The lowest BCUT2D eigenvalue weighted by Gasteiger charge is -1.90. The highest BCUT2D eigenvalue weighted by molar-refractivity contribution is 7.20. The van der Waals surface area contributed by atoms with E-state index in [1.165, 1.54) is 0 Å². The molecule has 0 bridgehead atoms. The van der Waals surface area contributed by atoms with Gasteiger partial charge in [-0.05, 0) is 6.07 Å². The average Bonchev–Trinajstić information content (AvgIpc) is 2.55. The molecule has 14 heavy (non-hydrogen) atoms. The largest absolute Gasteiger partial charge is 0.297 e. The normalized spacial score (nSPS) is 10.0. The van der Waals surface area contributed by atoms with Gasteiger partial charge in [0.25, 0.3) is 0 Å². The minimum atomic E-state index is -0.530. The molecule has 0 aliphatic heterocycles. The molecule has 0 aliphatic carbocycles. The van der Waals surface area contributed by atoms with Crippen LogP contribution in [0.25, 0.3) is 10.1 Å². The van der Waals surface area contributed by atoms with Crippen LogP contribution in [-0.4, -0.2) is 6.29 Å². The summed E-state index contributed by atoms with van der Waals surface area (Å²) in [6.45, 7) is 0. The molecule has 1 aromatic heterocycles. The Morgan fingerprint density at radius 1 is 1.50 bits per heavy atom. The Kier molecular flexibility index (Phi) is 2.02. The first-order valence-corrected chi connectivity index (χ1v) is 4.66. The first-order chi connectivity index (χ1) is 6.77. The topological polar surface area (TPSA) is 40.9 Å². The molecule has 0 atom stereocenters. The number of benzene rings is 1. The van der Waals surface area contributed by atoms with Crippen LogP contribution < -0.4 is 0 Å². The van der Waals surface area contributed by atoms with Gasteiger partial charge in [-0.3, -0.25) is 4.79 Å². The van der Waals surface area contributed by atoms with Crippen molar-refractivity contribution < 1.29 is 9.18 Å². The minimum absolute atomic E-state index is 0.0442. The summed E-state index contributed by atoms with van der Waals surface area (Å²) in [5.74, 6) is -0.530. The number of nitriles is 1. The van der Waals surface area contributed by atoms with Crippen molar-refractivity contribution in [2.45, 2.75) is 0 Å². The summed E-state index contributed by atoms with van der Waals surface area (Å²) in [7, 11) is 0. The maximum atomic E-state index is 13.4. The number of hydrogen-bond donors (Lipinski definition) is 0. The maximum Gasteiger partial charge on any atom is 0.163 e. The molecule has 2 nitrogen and oxygen atoms in total. The predicted octanol–water partition coefficient (Wildman–Crippen LogP) is 2.72. The minimum Gasteiger partial charge on any atom is -0.297 e. The lowest BCUT2D eigenvalue weighted by molar-refractivity contribution is 0.112. The Hall–Kier alpha value is -1.73.